The molecule has 0 spiro atoms. The van der Waals surface area contributed by atoms with E-state index in [4.69, 9.17) is 4.74 Å². The first-order chi connectivity index (χ1) is 14.6. The second kappa shape index (κ2) is 9.74. The zero-order chi connectivity index (χ0) is 20.9. The zero-order valence-electron chi connectivity index (χ0n) is 15.8. The summed E-state index contributed by atoms with van der Waals surface area (Å²) in [5.74, 6) is 0.978. The topological polar surface area (TPSA) is 64.1 Å². The summed E-state index contributed by atoms with van der Waals surface area (Å²) >= 11 is 7.80. The number of hydrogen-bond acceptors (Lipinski definition) is 7. The highest BCUT2D eigenvalue weighted by atomic mass is 79.9. The van der Waals surface area contributed by atoms with Gasteiger partial charge in [0.05, 0.1) is 24.3 Å². The molecule has 0 saturated carbocycles. The molecule has 152 valence electrons. The van der Waals surface area contributed by atoms with Crippen LogP contribution in [0.4, 0.5) is 5.13 Å². The van der Waals surface area contributed by atoms with E-state index in [2.05, 4.69) is 31.2 Å². The fourth-order valence-corrected chi connectivity index (χ4v) is 5.22. The maximum absolute atomic E-state index is 12.3. The molecule has 0 aliphatic heterocycles. The van der Waals surface area contributed by atoms with Crippen LogP contribution >= 0.6 is 50.4 Å². The maximum Gasteiger partial charge on any atom is 0.236 e. The average Bonchev–Trinajstić information content (AvgIpc) is 3.43. The van der Waals surface area contributed by atoms with Gasteiger partial charge >= 0.3 is 0 Å². The number of ether oxygens (including phenoxy) is 1. The molecule has 4 aromatic rings. The van der Waals surface area contributed by atoms with Crippen LogP contribution in [0.3, 0.4) is 0 Å². The molecule has 1 N–H and O–H groups in total. The average molecular weight is 518 g/mol. The van der Waals surface area contributed by atoms with E-state index in [-0.39, 0.29) is 11.7 Å². The number of benzene rings is 2. The minimum absolute atomic E-state index is 0.101. The number of hydrogen-bond donors (Lipinski definition) is 1. The van der Waals surface area contributed by atoms with E-state index < -0.39 is 0 Å². The third kappa shape index (κ3) is 5.28. The maximum atomic E-state index is 12.3. The molecule has 4 rings (SSSR count). The van der Waals surface area contributed by atoms with Crippen LogP contribution in [0.25, 0.3) is 22.5 Å². The minimum atomic E-state index is -0.101. The summed E-state index contributed by atoms with van der Waals surface area (Å²) in [6.45, 7) is 0. The Morgan fingerprint density at radius 2 is 1.63 bits per heavy atom. The number of thioether (sulfide) groups is 1. The van der Waals surface area contributed by atoms with Crippen molar-refractivity contribution in [3.05, 3.63) is 63.8 Å². The van der Waals surface area contributed by atoms with Gasteiger partial charge in [-0.25, -0.2) is 9.97 Å². The van der Waals surface area contributed by atoms with Crippen molar-refractivity contribution >= 4 is 61.4 Å². The quantitative estimate of drug-likeness (QED) is 0.286. The van der Waals surface area contributed by atoms with Crippen molar-refractivity contribution in [3.63, 3.8) is 0 Å². The number of nitrogens with zero attached hydrogens (tertiary/aromatic N) is 2. The molecule has 0 atom stereocenters. The van der Waals surface area contributed by atoms with Crippen molar-refractivity contribution in [1.29, 1.82) is 0 Å². The van der Waals surface area contributed by atoms with Gasteiger partial charge in [-0.15, -0.1) is 22.7 Å². The Morgan fingerprint density at radius 3 is 2.33 bits per heavy atom. The Kier molecular flexibility index (Phi) is 6.83. The van der Waals surface area contributed by atoms with Crippen molar-refractivity contribution in [2.24, 2.45) is 0 Å². The van der Waals surface area contributed by atoms with Gasteiger partial charge in [0.25, 0.3) is 0 Å². The summed E-state index contributed by atoms with van der Waals surface area (Å²) in [4.78, 5) is 21.4. The molecule has 0 saturated heterocycles. The van der Waals surface area contributed by atoms with Gasteiger partial charge in [-0.05, 0) is 36.4 Å². The van der Waals surface area contributed by atoms with Crippen LogP contribution in [0.2, 0.25) is 0 Å². The molecule has 0 aliphatic rings. The number of anilines is 1. The summed E-state index contributed by atoms with van der Waals surface area (Å²) in [5, 5.41) is 7.38. The van der Waals surface area contributed by atoms with E-state index >= 15 is 0 Å². The molecular weight excluding hydrogens is 502 g/mol. The molecule has 9 heteroatoms. The molecule has 1 amide bonds. The van der Waals surface area contributed by atoms with Crippen LogP contribution in [0.15, 0.2) is 68.1 Å². The predicted molar refractivity (Wildman–Crippen MR) is 129 cm³/mol. The lowest BCUT2D eigenvalue weighted by Gasteiger charge is -2.01. The number of halogens is 1. The molecule has 2 aromatic heterocycles. The first-order valence-electron chi connectivity index (χ1n) is 8.85. The van der Waals surface area contributed by atoms with Crippen LogP contribution in [-0.2, 0) is 4.79 Å². The number of aromatic nitrogens is 2. The normalized spacial score (nSPS) is 10.7. The van der Waals surface area contributed by atoms with Gasteiger partial charge in [-0.2, -0.15) is 0 Å². The van der Waals surface area contributed by atoms with Crippen LogP contribution in [0.5, 0.6) is 5.75 Å². The molecule has 2 aromatic carbocycles. The summed E-state index contributed by atoms with van der Waals surface area (Å²) in [5.41, 5.74) is 3.77. The van der Waals surface area contributed by atoms with E-state index in [0.29, 0.717) is 5.13 Å². The van der Waals surface area contributed by atoms with Gasteiger partial charge in [0.1, 0.15) is 5.75 Å². The predicted octanol–water partition coefficient (Wildman–Crippen LogP) is 6.44. The largest absolute Gasteiger partial charge is 0.497 e. The number of thiazole rings is 2. The summed E-state index contributed by atoms with van der Waals surface area (Å²) in [6.07, 6.45) is 0. The first kappa shape index (κ1) is 21.0. The van der Waals surface area contributed by atoms with Crippen LogP contribution in [-0.4, -0.2) is 28.7 Å². The van der Waals surface area contributed by atoms with Gasteiger partial charge < -0.3 is 10.1 Å². The summed E-state index contributed by atoms with van der Waals surface area (Å²) < 4.78 is 7.07. The number of carbonyl (C=O) groups excluding carboxylic acids is 1. The SMILES string of the molecule is COc1ccc(-c2csc(NC(=O)CSc3nc(-c4ccc(Br)cc4)cs3)n2)cc1. The number of carbonyl (C=O) groups is 1. The van der Waals surface area contributed by atoms with E-state index in [0.717, 1.165) is 37.1 Å². The second-order valence-electron chi connectivity index (χ2n) is 6.11. The Labute approximate surface area is 194 Å². The van der Waals surface area contributed by atoms with Crippen molar-refractivity contribution in [1.82, 2.24) is 9.97 Å². The van der Waals surface area contributed by atoms with Gasteiger partial charge in [-0.3, -0.25) is 4.79 Å². The van der Waals surface area contributed by atoms with Gasteiger partial charge in [0.2, 0.25) is 5.91 Å². The molecule has 30 heavy (non-hydrogen) atoms. The molecule has 5 nitrogen and oxygen atoms in total. The minimum Gasteiger partial charge on any atom is -0.497 e. The zero-order valence-corrected chi connectivity index (χ0v) is 19.8. The van der Waals surface area contributed by atoms with Crippen LogP contribution < -0.4 is 10.1 Å². The first-order valence-corrected chi connectivity index (χ1v) is 12.4. The summed E-state index contributed by atoms with van der Waals surface area (Å²) in [7, 11) is 1.64. The third-order valence-electron chi connectivity index (χ3n) is 4.09. The monoisotopic (exact) mass is 517 g/mol. The van der Waals surface area contributed by atoms with Crippen LogP contribution in [0, 0.1) is 0 Å². The molecule has 0 aliphatic carbocycles. The standard InChI is InChI=1S/C21H16BrN3O2S3/c1-27-16-8-4-14(5-9-16)17-10-28-20(23-17)25-19(26)12-30-21-24-18(11-29-21)13-2-6-15(22)7-3-13/h2-11H,12H2,1H3,(H,23,25,26). The Morgan fingerprint density at radius 1 is 1.00 bits per heavy atom. The number of rotatable bonds is 7. The number of methoxy groups -OCH3 is 1. The molecule has 0 radical (unpaired) electrons. The Bertz CT molecular complexity index is 1140. The van der Waals surface area contributed by atoms with E-state index in [1.165, 1.54) is 34.4 Å². The summed E-state index contributed by atoms with van der Waals surface area (Å²) in [6, 6.07) is 15.7. The molecule has 0 fully saturated rings. The van der Waals surface area contributed by atoms with E-state index in [1.807, 2.05) is 59.3 Å². The van der Waals surface area contributed by atoms with Crippen molar-refractivity contribution < 1.29 is 9.53 Å². The number of nitrogens with one attached hydrogen (secondary N) is 1. The fraction of sp³-hybridized carbons (Fsp3) is 0.0952. The van der Waals surface area contributed by atoms with Gasteiger partial charge in [0, 0.05) is 26.4 Å². The van der Waals surface area contributed by atoms with Crippen LogP contribution in [0.1, 0.15) is 0 Å². The van der Waals surface area contributed by atoms with Crippen molar-refractivity contribution in [3.8, 4) is 28.3 Å². The molecule has 0 bridgehead atoms. The highest BCUT2D eigenvalue weighted by molar-refractivity contribution is 9.10. The number of amides is 1. The smallest absolute Gasteiger partial charge is 0.236 e. The highest BCUT2D eigenvalue weighted by Gasteiger charge is 2.11. The van der Waals surface area contributed by atoms with Gasteiger partial charge in [0.15, 0.2) is 9.47 Å². The fourth-order valence-electron chi connectivity index (χ4n) is 2.58. The lowest BCUT2D eigenvalue weighted by atomic mass is 10.2. The van der Waals surface area contributed by atoms with E-state index in [9.17, 15) is 4.79 Å². The molecule has 2 heterocycles. The van der Waals surface area contributed by atoms with Crippen molar-refractivity contribution in [2.75, 3.05) is 18.2 Å². The highest BCUT2D eigenvalue weighted by Crippen LogP contribution is 2.30. The van der Waals surface area contributed by atoms with E-state index in [1.54, 1.807) is 7.11 Å². The van der Waals surface area contributed by atoms with Crippen molar-refractivity contribution in [2.45, 2.75) is 4.34 Å². The Hall–Kier alpha value is -2.20. The third-order valence-corrected chi connectivity index (χ3v) is 7.39. The molecular formula is C21H16BrN3O2S3. The van der Waals surface area contributed by atoms with Gasteiger partial charge in [-0.1, -0.05) is 39.8 Å². The Balaban J connectivity index is 1.32. The lowest BCUT2D eigenvalue weighted by Crippen LogP contribution is -2.13. The molecule has 0 unspecified atom stereocenters. The lowest BCUT2D eigenvalue weighted by molar-refractivity contribution is -0.113. The second-order valence-corrected chi connectivity index (χ2v) is 9.96.